The highest BCUT2D eigenvalue weighted by atomic mass is 35.5. The van der Waals surface area contributed by atoms with Gasteiger partial charge in [-0.3, -0.25) is 9.69 Å². The molecule has 1 amide bonds. The van der Waals surface area contributed by atoms with Gasteiger partial charge in [0.05, 0.1) is 25.2 Å². The number of fused-ring (bicyclic) bond motifs is 4. The van der Waals surface area contributed by atoms with Crippen LogP contribution in [0.4, 0.5) is 11.5 Å². The molecule has 34 heavy (non-hydrogen) atoms. The normalized spacial score (nSPS) is 21.1. The van der Waals surface area contributed by atoms with Gasteiger partial charge in [0.1, 0.15) is 12.1 Å². The molecule has 1 aromatic heterocycles. The fourth-order valence-electron chi connectivity index (χ4n) is 4.63. The summed E-state index contributed by atoms with van der Waals surface area (Å²) in [7, 11) is 1.61. The molecule has 0 aliphatic carbocycles. The van der Waals surface area contributed by atoms with Crippen molar-refractivity contribution in [2.24, 2.45) is 5.92 Å². The second kappa shape index (κ2) is 10.0. The van der Waals surface area contributed by atoms with Crippen LogP contribution < -0.4 is 20.1 Å². The van der Waals surface area contributed by atoms with Gasteiger partial charge in [-0.25, -0.2) is 9.97 Å². The second-order valence-corrected chi connectivity index (χ2v) is 9.17. The number of rotatable bonds is 1. The van der Waals surface area contributed by atoms with Crippen molar-refractivity contribution in [2.45, 2.75) is 25.8 Å². The topological polar surface area (TPSA) is 88.6 Å². The zero-order valence-corrected chi connectivity index (χ0v) is 19.9. The summed E-state index contributed by atoms with van der Waals surface area (Å²) in [4.78, 5) is 24.0. The van der Waals surface area contributed by atoms with E-state index in [9.17, 15) is 4.79 Å². The van der Waals surface area contributed by atoms with E-state index in [2.05, 4.69) is 25.5 Å². The van der Waals surface area contributed by atoms with Gasteiger partial charge in [0, 0.05) is 41.8 Å². The van der Waals surface area contributed by atoms with Crippen LogP contribution in [0.3, 0.4) is 0 Å². The minimum atomic E-state index is -0.00865. The first-order valence-corrected chi connectivity index (χ1v) is 12.0. The van der Waals surface area contributed by atoms with Crippen molar-refractivity contribution in [3.8, 4) is 11.5 Å². The maximum Gasteiger partial charge on any atom is 0.224 e. The average molecular weight is 482 g/mol. The van der Waals surface area contributed by atoms with Gasteiger partial charge in [0.2, 0.25) is 5.91 Å². The predicted octanol–water partition coefficient (Wildman–Crippen LogP) is 4.15. The predicted molar refractivity (Wildman–Crippen MR) is 132 cm³/mol. The van der Waals surface area contributed by atoms with Crippen molar-refractivity contribution in [1.29, 1.82) is 0 Å². The molecule has 4 bridgehead atoms. The van der Waals surface area contributed by atoms with E-state index < -0.39 is 0 Å². The van der Waals surface area contributed by atoms with E-state index >= 15 is 0 Å². The highest BCUT2D eigenvalue weighted by Gasteiger charge is 2.26. The molecule has 0 radical (unpaired) electrons. The molecule has 2 N–H and O–H groups in total. The van der Waals surface area contributed by atoms with Crippen molar-refractivity contribution in [1.82, 2.24) is 20.2 Å². The highest BCUT2D eigenvalue weighted by molar-refractivity contribution is 6.30. The number of ether oxygens (including phenoxy) is 2. The molecule has 9 heteroatoms. The maximum atomic E-state index is 12.8. The van der Waals surface area contributed by atoms with Crippen molar-refractivity contribution < 1.29 is 14.3 Å². The molecule has 2 atom stereocenters. The first kappa shape index (κ1) is 22.7. The third-order valence-corrected chi connectivity index (χ3v) is 6.63. The van der Waals surface area contributed by atoms with Gasteiger partial charge in [-0.15, -0.1) is 0 Å². The average Bonchev–Trinajstić information content (AvgIpc) is 2.85. The fraction of sp³-hybridized carbons (Fsp3) is 0.400. The number of halogens is 1. The van der Waals surface area contributed by atoms with Gasteiger partial charge in [-0.05, 0) is 49.6 Å². The number of methoxy groups -OCH3 is 1. The molecule has 0 spiro atoms. The lowest BCUT2D eigenvalue weighted by Crippen LogP contribution is -2.43. The number of aromatic nitrogens is 2. The monoisotopic (exact) mass is 481 g/mol. The summed E-state index contributed by atoms with van der Waals surface area (Å²) in [5, 5.41) is 8.01. The Morgan fingerprint density at radius 1 is 1.21 bits per heavy atom. The Balaban J connectivity index is 1.56. The zero-order valence-electron chi connectivity index (χ0n) is 19.1. The van der Waals surface area contributed by atoms with Crippen LogP contribution in [0.5, 0.6) is 11.5 Å². The Labute approximate surface area is 203 Å². The van der Waals surface area contributed by atoms with Crippen LogP contribution >= 0.6 is 11.6 Å². The van der Waals surface area contributed by atoms with E-state index in [4.69, 9.17) is 21.1 Å². The highest BCUT2D eigenvalue weighted by Crippen LogP contribution is 2.36. The van der Waals surface area contributed by atoms with Gasteiger partial charge >= 0.3 is 0 Å². The molecular formula is C25H28ClN5O3. The third-order valence-electron chi connectivity index (χ3n) is 6.39. The van der Waals surface area contributed by atoms with Crippen molar-refractivity contribution in [3.63, 3.8) is 0 Å². The molecule has 1 saturated heterocycles. The van der Waals surface area contributed by atoms with Gasteiger partial charge in [0.15, 0.2) is 11.5 Å². The largest absolute Gasteiger partial charge is 0.493 e. The third kappa shape index (κ3) is 4.88. The van der Waals surface area contributed by atoms with Crippen molar-refractivity contribution >= 4 is 39.9 Å². The number of nitrogens with zero attached hydrogens (tertiary/aromatic N) is 3. The van der Waals surface area contributed by atoms with Crippen molar-refractivity contribution in [3.05, 3.63) is 47.2 Å². The summed E-state index contributed by atoms with van der Waals surface area (Å²) >= 11 is 6.36. The number of amides is 1. The first-order valence-electron chi connectivity index (χ1n) is 11.6. The van der Waals surface area contributed by atoms with E-state index in [1.807, 2.05) is 30.3 Å². The molecule has 2 unspecified atom stereocenters. The number of anilines is 2. The Kier molecular flexibility index (Phi) is 6.69. The van der Waals surface area contributed by atoms with Gasteiger partial charge < -0.3 is 20.1 Å². The fourth-order valence-corrected chi connectivity index (χ4v) is 4.80. The van der Waals surface area contributed by atoms with E-state index in [0.29, 0.717) is 48.5 Å². The molecular weight excluding hydrogens is 454 g/mol. The molecule has 3 heterocycles. The standard InChI is InChI=1S/C25H28ClN5O3/c1-33-22-12-21-19-11-23(22)34-9-3-7-27-25(32)17-4-2-8-31(14-17)13-16-5-6-18(26)10-20(16)30-24(19)29-15-28-21/h5-6,10-12,15,17H,2-4,7-9,13-14H2,1H3,(H,27,32)(H,28,29,30). The molecule has 2 aliphatic rings. The Bertz CT molecular complexity index is 1200. The lowest BCUT2D eigenvalue weighted by Gasteiger charge is -2.32. The van der Waals surface area contributed by atoms with E-state index in [-0.39, 0.29) is 11.8 Å². The van der Waals surface area contributed by atoms with Crippen molar-refractivity contribution in [2.75, 3.05) is 38.7 Å². The Morgan fingerprint density at radius 3 is 3.00 bits per heavy atom. The van der Waals surface area contributed by atoms with E-state index in [0.717, 1.165) is 48.1 Å². The number of benzene rings is 2. The van der Waals surface area contributed by atoms with Crippen LogP contribution in [0.1, 0.15) is 24.8 Å². The lowest BCUT2D eigenvalue weighted by molar-refractivity contribution is -0.126. The number of hydrogen-bond donors (Lipinski definition) is 2. The van der Waals surface area contributed by atoms with Crippen LogP contribution in [0.25, 0.3) is 10.9 Å². The quantitative estimate of drug-likeness (QED) is 0.539. The van der Waals surface area contributed by atoms with E-state index in [1.54, 1.807) is 7.11 Å². The number of nitrogens with one attached hydrogen (secondary N) is 2. The number of carbonyl (C=O) groups is 1. The Hall–Kier alpha value is -3.10. The van der Waals surface area contributed by atoms with Gasteiger partial charge in [0.25, 0.3) is 0 Å². The van der Waals surface area contributed by atoms with Crippen LogP contribution in [-0.2, 0) is 11.3 Å². The summed E-state index contributed by atoms with van der Waals surface area (Å²) in [6, 6.07) is 9.58. The van der Waals surface area contributed by atoms with Gasteiger partial charge in [-0.2, -0.15) is 0 Å². The maximum absolute atomic E-state index is 12.8. The molecule has 1 fully saturated rings. The summed E-state index contributed by atoms with van der Waals surface area (Å²) in [6.45, 7) is 3.43. The molecule has 8 nitrogen and oxygen atoms in total. The van der Waals surface area contributed by atoms with Crippen LogP contribution in [0.15, 0.2) is 36.7 Å². The first-order chi connectivity index (χ1) is 16.6. The lowest BCUT2D eigenvalue weighted by atomic mass is 9.96. The smallest absolute Gasteiger partial charge is 0.224 e. The second-order valence-electron chi connectivity index (χ2n) is 8.74. The number of carbonyl (C=O) groups excluding carboxylic acids is 1. The number of piperidine rings is 1. The van der Waals surface area contributed by atoms with E-state index in [1.165, 1.54) is 6.33 Å². The molecule has 178 valence electrons. The Morgan fingerprint density at radius 2 is 2.12 bits per heavy atom. The minimum Gasteiger partial charge on any atom is -0.493 e. The SMILES string of the molecule is COc1cc2ncnc3c2cc1OCCCNC(=O)C1CCCN(Cc2ccc(Cl)cc2N3)C1. The molecule has 5 rings (SSSR count). The molecule has 2 aliphatic heterocycles. The summed E-state index contributed by atoms with van der Waals surface area (Å²) in [6.07, 6.45) is 4.13. The molecule has 0 saturated carbocycles. The van der Waals surface area contributed by atoms with Crippen LogP contribution in [-0.4, -0.2) is 54.1 Å². The summed E-state index contributed by atoms with van der Waals surface area (Å²) in [5.74, 6) is 1.98. The minimum absolute atomic E-state index is 0.00865. The number of hydrogen-bond acceptors (Lipinski definition) is 7. The van der Waals surface area contributed by atoms with Gasteiger partial charge in [-0.1, -0.05) is 17.7 Å². The molecule has 3 aromatic rings. The summed E-state index contributed by atoms with van der Waals surface area (Å²) < 4.78 is 11.6. The van der Waals surface area contributed by atoms with Crippen LogP contribution in [0, 0.1) is 5.92 Å². The van der Waals surface area contributed by atoms with Crippen LogP contribution in [0.2, 0.25) is 5.02 Å². The molecule has 2 aromatic carbocycles. The zero-order chi connectivity index (χ0) is 23.5. The summed E-state index contributed by atoms with van der Waals surface area (Å²) in [5.41, 5.74) is 2.71.